The van der Waals surface area contributed by atoms with Crippen LogP contribution in [0.4, 0.5) is 0 Å². The average Bonchev–Trinajstić information content (AvgIpc) is 2.50. The van der Waals surface area contributed by atoms with Crippen LogP contribution in [0.15, 0.2) is 0 Å². The van der Waals surface area contributed by atoms with Gasteiger partial charge in [0, 0.05) is 0 Å². The zero-order valence-corrected chi connectivity index (χ0v) is 11.2. The molecule has 0 amide bonds. The van der Waals surface area contributed by atoms with Gasteiger partial charge in [-0.05, 0) is 37.5 Å². The first-order chi connectivity index (χ1) is 8.03. The van der Waals surface area contributed by atoms with Crippen molar-refractivity contribution in [1.29, 1.82) is 5.26 Å². The van der Waals surface area contributed by atoms with Gasteiger partial charge in [0.1, 0.15) is 0 Å². The van der Waals surface area contributed by atoms with Gasteiger partial charge in [-0.1, -0.05) is 39.5 Å². The monoisotopic (exact) mass is 235 g/mol. The van der Waals surface area contributed by atoms with Crippen molar-refractivity contribution in [2.45, 2.75) is 70.8 Å². The highest BCUT2D eigenvalue weighted by atomic mass is 16.3. The Labute approximate surface area is 105 Å². The second-order valence-corrected chi connectivity index (χ2v) is 6.55. The molecular weight excluding hydrogens is 210 g/mol. The molecular formula is C15H25NO. The Morgan fingerprint density at radius 1 is 1.12 bits per heavy atom. The maximum Gasteiger partial charge on any atom is 0.0860 e. The van der Waals surface area contributed by atoms with Gasteiger partial charge in [-0.25, -0.2) is 0 Å². The van der Waals surface area contributed by atoms with Crippen molar-refractivity contribution in [2.24, 2.45) is 17.3 Å². The van der Waals surface area contributed by atoms with E-state index in [1.54, 1.807) is 0 Å². The van der Waals surface area contributed by atoms with Gasteiger partial charge in [-0.3, -0.25) is 0 Å². The normalized spacial score (nSPS) is 37.0. The van der Waals surface area contributed by atoms with Gasteiger partial charge < -0.3 is 5.11 Å². The Morgan fingerprint density at radius 3 is 2.06 bits per heavy atom. The molecule has 2 nitrogen and oxygen atoms in total. The van der Waals surface area contributed by atoms with Gasteiger partial charge >= 0.3 is 0 Å². The van der Waals surface area contributed by atoms with Crippen molar-refractivity contribution in [3.63, 3.8) is 0 Å². The molecule has 2 rings (SSSR count). The smallest absolute Gasteiger partial charge is 0.0860 e. The minimum absolute atomic E-state index is 0.436. The maximum atomic E-state index is 10.8. The molecule has 1 N–H and O–H groups in total. The van der Waals surface area contributed by atoms with Crippen molar-refractivity contribution < 1.29 is 5.11 Å². The molecule has 2 aliphatic carbocycles. The molecule has 0 aromatic carbocycles. The predicted molar refractivity (Wildman–Crippen MR) is 68.3 cm³/mol. The van der Waals surface area contributed by atoms with Crippen molar-refractivity contribution in [3.05, 3.63) is 0 Å². The summed E-state index contributed by atoms with van der Waals surface area (Å²) in [6, 6.07) is 2.51. The fourth-order valence-corrected chi connectivity index (χ4v) is 3.68. The van der Waals surface area contributed by atoms with Crippen LogP contribution in [0, 0.1) is 28.6 Å². The Morgan fingerprint density at radius 2 is 1.65 bits per heavy atom. The van der Waals surface area contributed by atoms with Crippen LogP contribution in [-0.2, 0) is 0 Å². The molecule has 0 radical (unpaired) electrons. The van der Waals surface area contributed by atoms with Gasteiger partial charge in [-0.15, -0.1) is 0 Å². The quantitative estimate of drug-likeness (QED) is 0.742. The van der Waals surface area contributed by atoms with Crippen molar-refractivity contribution in [2.75, 3.05) is 0 Å². The second-order valence-electron chi connectivity index (χ2n) is 6.55. The van der Waals surface area contributed by atoms with Gasteiger partial charge in [-0.2, -0.15) is 5.26 Å². The maximum absolute atomic E-state index is 10.8. The van der Waals surface area contributed by atoms with Crippen LogP contribution in [0.5, 0.6) is 0 Å². The lowest BCUT2D eigenvalue weighted by molar-refractivity contribution is -0.159. The lowest BCUT2D eigenvalue weighted by Crippen LogP contribution is -2.57. The Balaban J connectivity index is 2.11. The molecule has 0 aromatic rings. The standard InChI is InChI=1S/C15H25NO/c1-12(2)13-9-15(17,10-13)14(11-16)7-5-3-4-6-8-14/h12-13,17H,3-10H2,1-2H3. The summed E-state index contributed by atoms with van der Waals surface area (Å²) in [6.07, 6.45) is 8.19. The van der Waals surface area contributed by atoms with E-state index in [-0.39, 0.29) is 0 Å². The molecule has 2 fully saturated rings. The van der Waals surface area contributed by atoms with E-state index >= 15 is 0 Å². The van der Waals surface area contributed by atoms with E-state index in [4.69, 9.17) is 0 Å². The van der Waals surface area contributed by atoms with Crippen molar-refractivity contribution in [1.82, 2.24) is 0 Å². The van der Waals surface area contributed by atoms with E-state index in [1.165, 1.54) is 12.8 Å². The van der Waals surface area contributed by atoms with Crippen LogP contribution in [0.3, 0.4) is 0 Å². The summed E-state index contributed by atoms with van der Waals surface area (Å²) in [5.74, 6) is 1.25. The summed E-state index contributed by atoms with van der Waals surface area (Å²) in [4.78, 5) is 0. The highest BCUT2D eigenvalue weighted by Crippen LogP contribution is 2.56. The first-order valence-corrected chi connectivity index (χ1v) is 7.17. The summed E-state index contributed by atoms with van der Waals surface area (Å²) in [7, 11) is 0. The first kappa shape index (κ1) is 12.9. The molecule has 2 saturated carbocycles. The van der Waals surface area contributed by atoms with E-state index < -0.39 is 11.0 Å². The SMILES string of the molecule is CC(C)C1CC(O)(C2(C#N)CCCCCC2)C1. The first-order valence-electron chi connectivity index (χ1n) is 7.17. The third-order valence-electron chi connectivity index (χ3n) is 5.20. The summed E-state index contributed by atoms with van der Waals surface area (Å²) in [6.45, 7) is 4.44. The molecule has 2 aliphatic rings. The molecule has 0 saturated heterocycles. The van der Waals surface area contributed by atoms with Gasteiger partial charge in [0.15, 0.2) is 0 Å². The lowest BCUT2D eigenvalue weighted by atomic mass is 9.53. The zero-order valence-electron chi connectivity index (χ0n) is 11.2. The molecule has 17 heavy (non-hydrogen) atoms. The average molecular weight is 235 g/mol. The molecule has 0 atom stereocenters. The fraction of sp³-hybridized carbons (Fsp3) is 0.933. The van der Waals surface area contributed by atoms with Gasteiger partial charge in [0.05, 0.1) is 17.1 Å². The van der Waals surface area contributed by atoms with Gasteiger partial charge in [0.2, 0.25) is 0 Å². The summed E-state index contributed by atoms with van der Waals surface area (Å²) >= 11 is 0. The highest BCUT2D eigenvalue weighted by Gasteiger charge is 2.57. The molecule has 0 aliphatic heterocycles. The van der Waals surface area contributed by atoms with E-state index in [0.29, 0.717) is 11.8 Å². The van der Waals surface area contributed by atoms with Crippen LogP contribution in [0.1, 0.15) is 65.2 Å². The molecule has 0 bridgehead atoms. The van der Waals surface area contributed by atoms with Crippen LogP contribution < -0.4 is 0 Å². The third-order valence-corrected chi connectivity index (χ3v) is 5.20. The van der Waals surface area contributed by atoms with Crippen molar-refractivity contribution >= 4 is 0 Å². The molecule has 0 spiro atoms. The Bertz CT molecular complexity index is 301. The van der Waals surface area contributed by atoms with Crippen LogP contribution in [0.2, 0.25) is 0 Å². The van der Waals surface area contributed by atoms with Gasteiger partial charge in [0.25, 0.3) is 0 Å². The number of nitriles is 1. The summed E-state index contributed by atoms with van der Waals surface area (Å²) in [5.41, 5.74) is -1.12. The zero-order chi connectivity index (χ0) is 12.5. The Kier molecular flexibility index (Phi) is 3.50. The van der Waals surface area contributed by atoms with E-state index in [9.17, 15) is 10.4 Å². The number of hydrogen-bond donors (Lipinski definition) is 1. The molecule has 0 unspecified atom stereocenters. The summed E-state index contributed by atoms with van der Waals surface area (Å²) < 4.78 is 0. The molecule has 0 heterocycles. The van der Waals surface area contributed by atoms with Crippen molar-refractivity contribution in [3.8, 4) is 6.07 Å². The molecule has 2 heteroatoms. The number of nitrogens with zero attached hydrogens (tertiary/aromatic N) is 1. The topological polar surface area (TPSA) is 44.0 Å². The largest absolute Gasteiger partial charge is 0.388 e. The number of aliphatic hydroxyl groups is 1. The minimum atomic E-state index is -0.680. The van der Waals surface area contributed by atoms with Crippen LogP contribution in [-0.4, -0.2) is 10.7 Å². The lowest BCUT2D eigenvalue weighted by Gasteiger charge is -2.54. The third kappa shape index (κ3) is 2.10. The highest BCUT2D eigenvalue weighted by molar-refractivity contribution is 5.17. The van der Waals surface area contributed by atoms with E-state index in [1.807, 2.05) is 0 Å². The fourth-order valence-electron chi connectivity index (χ4n) is 3.68. The van der Waals surface area contributed by atoms with E-state index in [0.717, 1.165) is 38.5 Å². The van der Waals surface area contributed by atoms with Crippen LogP contribution in [0.25, 0.3) is 0 Å². The Hall–Kier alpha value is -0.550. The second kappa shape index (κ2) is 4.61. The minimum Gasteiger partial charge on any atom is -0.388 e. The number of hydrogen-bond acceptors (Lipinski definition) is 2. The molecule has 96 valence electrons. The van der Waals surface area contributed by atoms with E-state index in [2.05, 4.69) is 19.9 Å². The summed E-state index contributed by atoms with van der Waals surface area (Å²) in [5, 5.41) is 20.4. The molecule has 0 aromatic heterocycles. The van der Waals surface area contributed by atoms with Crippen LogP contribution >= 0.6 is 0 Å². The predicted octanol–water partition coefficient (Wildman–Crippen LogP) is 3.65. The number of rotatable bonds is 2.